The Balaban J connectivity index is 2.04. The van der Waals surface area contributed by atoms with E-state index in [2.05, 4.69) is 12.2 Å². The van der Waals surface area contributed by atoms with Crippen molar-refractivity contribution >= 4 is 15.9 Å². The van der Waals surface area contributed by atoms with E-state index in [1.165, 1.54) is 18.2 Å². The van der Waals surface area contributed by atoms with Crippen LogP contribution < -0.4 is 10.5 Å². The number of primary sulfonamides is 1. The minimum absolute atomic E-state index is 0.0407. The standard InChI is InChI=1S/C13H18N2O3S/c1-2-4-9-8-12(9)15-13(16)10-5-3-6-11(7-10)19(14,17)18/h3,5-7,9,12H,2,4,8H2,1H3,(H,15,16)(H2,14,17,18). The minimum atomic E-state index is -3.77. The molecule has 0 bridgehead atoms. The summed E-state index contributed by atoms with van der Waals surface area (Å²) in [7, 11) is -3.77. The first kappa shape index (κ1) is 14.0. The second kappa shape index (κ2) is 5.30. The molecule has 1 fully saturated rings. The van der Waals surface area contributed by atoms with Crippen LogP contribution in [-0.2, 0) is 10.0 Å². The average Bonchev–Trinajstić information content (AvgIpc) is 3.07. The van der Waals surface area contributed by atoms with Crippen molar-refractivity contribution in [1.29, 1.82) is 0 Å². The van der Waals surface area contributed by atoms with E-state index in [4.69, 9.17) is 5.14 Å². The number of amides is 1. The van der Waals surface area contributed by atoms with E-state index in [1.807, 2.05) is 0 Å². The fraction of sp³-hybridized carbons (Fsp3) is 0.462. The first-order valence-electron chi connectivity index (χ1n) is 6.35. The van der Waals surface area contributed by atoms with Gasteiger partial charge in [0, 0.05) is 11.6 Å². The summed E-state index contributed by atoms with van der Waals surface area (Å²) in [5.41, 5.74) is 0.327. The van der Waals surface area contributed by atoms with Crippen LogP contribution >= 0.6 is 0 Å². The topological polar surface area (TPSA) is 89.3 Å². The van der Waals surface area contributed by atoms with Crippen LogP contribution in [0.3, 0.4) is 0 Å². The monoisotopic (exact) mass is 282 g/mol. The summed E-state index contributed by atoms with van der Waals surface area (Å²) in [5.74, 6) is 0.324. The minimum Gasteiger partial charge on any atom is -0.349 e. The molecule has 2 unspecified atom stereocenters. The van der Waals surface area contributed by atoms with Crippen molar-refractivity contribution in [3.63, 3.8) is 0 Å². The first-order chi connectivity index (χ1) is 8.91. The predicted molar refractivity (Wildman–Crippen MR) is 72.1 cm³/mol. The van der Waals surface area contributed by atoms with E-state index < -0.39 is 10.0 Å². The van der Waals surface area contributed by atoms with Gasteiger partial charge in [-0.05, 0) is 37.0 Å². The highest BCUT2D eigenvalue weighted by Crippen LogP contribution is 2.34. The van der Waals surface area contributed by atoms with Gasteiger partial charge in [-0.25, -0.2) is 13.6 Å². The summed E-state index contributed by atoms with van der Waals surface area (Å²) in [4.78, 5) is 11.9. The molecule has 6 heteroatoms. The molecule has 1 aliphatic rings. The molecule has 1 amide bonds. The molecule has 0 heterocycles. The van der Waals surface area contributed by atoms with Crippen LogP contribution in [0, 0.1) is 5.92 Å². The van der Waals surface area contributed by atoms with Crippen molar-refractivity contribution in [3.8, 4) is 0 Å². The number of carbonyl (C=O) groups excluding carboxylic acids is 1. The van der Waals surface area contributed by atoms with Crippen molar-refractivity contribution in [2.75, 3.05) is 0 Å². The Hall–Kier alpha value is -1.40. The molecule has 1 aromatic carbocycles. The molecule has 104 valence electrons. The highest BCUT2D eigenvalue weighted by Gasteiger charge is 2.37. The van der Waals surface area contributed by atoms with Crippen LogP contribution in [-0.4, -0.2) is 20.4 Å². The Bertz CT molecular complexity index is 583. The lowest BCUT2D eigenvalue weighted by Gasteiger charge is -2.06. The van der Waals surface area contributed by atoms with Crippen LogP contribution in [0.25, 0.3) is 0 Å². The third-order valence-corrected chi connectivity index (χ3v) is 4.23. The highest BCUT2D eigenvalue weighted by atomic mass is 32.2. The number of carbonyl (C=O) groups is 1. The average molecular weight is 282 g/mol. The van der Waals surface area contributed by atoms with E-state index in [0.29, 0.717) is 11.5 Å². The zero-order valence-corrected chi connectivity index (χ0v) is 11.6. The zero-order valence-electron chi connectivity index (χ0n) is 10.8. The molecule has 2 atom stereocenters. The van der Waals surface area contributed by atoms with Gasteiger partial charge in [0.25, 0.3) is 5.91 Å². The van der Waals surface area contributed by atoms with Gasteiger partial charge in [0.1, 0.15) is 0 Å². The number of hydrogen-bond donors (Lipinski definition) is 2. The molecular weight excluding hydrogens is 264 g/mol. The molecule has 0 aromatic heterocycles. The molecule has 0 radical (unpaired) electrons. The van der Waals surface area contributed by atoms with E-state index in [0.717, 1.165) is 19.3 Å². The number of benzene rings is 1. The second-order valence-corrected chi connectivity index (χ2v) is 6.50. The van der Waals surface area contributed by atoms with Crippen molar-refractivity contribution in [2.45, 2.75) is 37.1 Å². The number of rotatable bonds is 5. The Morgan fingerprint density at radius 1 is 1.47 bits per heavy atom. The van der Waals surface area contributed by atoms with Crippen LogP contribution in [0.2, 0.25) is 0 Å². The van der Waals surface area contributed by atoms with Gasteiger partial charge in [0.15, 0.2) is 0 Å². The third kappa shape index (κ3) is 3.54. The van der Waals surface area contributed by atoms with E-state index in [1.54, 1.807) is 6.07 Å². The summed E-state index contributed by atoms with van der Waals surface area (Å²) in [6.45, 7) is 2.12. The maximum Gasteiger partial charge on any atom is 0.251 e. The van der Waals surface area contributed by atoms with E-state index >= 15 is 0 Å². The molecule has 5 nitrogen and oxygen atoms in total. The van der Waals surface area contributed by atoms with Crippen LogP contribution in [0.5, 0.6) is 0 Å². The molecule has 3 N–H and O–H groups in total. The molecule has 1 aromatic rings. The van der Waals surface area contributed by atoms with Crippen LogP contribution in [0.15, 0.2) is 29.2 Å². The summed E-state index contributed by atoms with van der Waals surface area (Å²) in [6, 6.07) is 6.02. The molecule has 0 spiro atoms. The van der Waals surface area contributed by atoms with Crippen LogP contribution in [0.4, 0.5) is 0 Å². The van der Waals surface area contributed by atoms with Gasteiger partial charge in [0.2, 0.25) is 10.0 Å². The SMILES string of the molecule is CCCC1CC1NC(=O)c1cccc(S(N)(=O)=O)c1. The first-order valence-corrected chi connectivity index (χ1v) is 7.90. The fourth-order valence-corrected chi connectivity index (χ4v) is 2.74. The van der Waals surface area contributed by atoms with Gasteiger partial charge in [-0.1, -0.05) is 19.4 Å². The quantitative estimate of drug-likeness (QED) is 0.851. The smallest absolute Gasteiger partial charge is 0.251 e. The maximum absolute atomic E-state index is 12.0. The Morgan fingerprint density at radius 3 is 2.84 bits per heavy atom. The van der Waals surface area contributed by atoms with Gasteiger partial charge in [-0.2, -0.15) is 0 Å². The zero-order chi connectivity index (χ0) is 14.0. The van der Waals surface area contributed by atoms with E-state index in [9.17, 15) is 13.2 Å². The number of nitrogens with one attached hydrogen (secondary N) is 1. The summed E-state index contributed by atoms with van der Waals surface area (Å²) < 4.78 is 22.5. The Labute approximate surface area is 113 Å². The maximum atomic E-state index is 12.0. The van der Waals surface area contributed by atoms with Crippen molar-refractivity contribution in [3.05, 3.63) is 29.8 Å². The molecule has 19 heavy (non-hydrogen) atoms. The van der Waals surface area contributed by atoms with Crippen molar-refractivity contribution < 1.29 is 13.2 Å². The Kier molecular flexibility index (Phi) is 3.91. The normalized spacial score (nSPS) is 22.0. The molecule has 1 saturated carbocycles. The third-order valence-electron chi connectivity index (χ3n) is 3.32. The molecule has 0 aliphatic heterocycles. The largest absolute Gasteiger partial charge is 0.349 e. The van der Waals surface area contributed by atoms with Crippen molar-refractivity contribution in [2.24, 2.45) is 11.1 Å². The van der Waals surface area contributed by atoms with Crippen molar-refractivity contribution in [1.82, 2.24) is 5.32 Å². The lowest BCUT2D eigenvalue weighted by Crippen LogP contribution is -2.27. The highest BCUT2D eigenvalue weighted by molar-refractivity contribution is 7.89. The second-order valence-electron chi connectivity index (χ2n) is 4.94. The van der Waals surface area contributed by atoms with Gasteiger partial charge >= 0.3 is 0 Å². The fourth-order valence-electron chi connectivity index (χ4n) is 2.18. The number of nitrogens with two attached hydrogens (primary N) is 1. The summed E-state index contributed by atoms with van der Waals surface area (Å²) in [5, 5.41) is 7.95. The number of sulfonamides is 1. The summed E-state index contributed by atoms with van der Waals surface area (Å²) in [6.07, 6.45) is 3.23. The summed E-state index contributed by atoms with van der Waals surface area (Å²) >= 11 is 0. The lowest BCUT2D eigenvalue weighted by atomic mass is 10.2. The van der Waals surface area contributed by atoms with Gasteiger partial charge < -0.3 is 5.32 Å². The van der Waals surface area contributed by atoms with Gasteiger partial charge in [-0.3, -0.25) is 4.79 Å². The lowest BCUT2D eigenvalue weighted by molar-refractivity contribution is 0.0948. The Morgan fingerprint density at radius 2 is 2.21 bits per heavy atom. The molecule has 1 aliphatic carbocycles. The predicted octanol–water partition coefficient (Wildman–Crippen LogP) is 1.25. The van der Waals surface area contributed by atoms with Gasteiger partial charge in [0.05, 0.1) is 4.90 Å². The molecule has 0 saturated heterocycles. The molecular formula is C13H18N2O3S. The molecule has 2 rings (SSSR count). The van der Waals surface area contributed by atoms with Crippen LogP contribution in [0.1, 0.15) is 36.5 Å². The van der Waals surface area contributed by atoms with Gasteiger partial charge in [-0.15, -0.1) is 0 Å². The number of hydrogen-bond acceptors (Lipinski definition) is 3. The van der Waals surface area contributed by atoms with E-state index in [-0.39, 0.29) is 16.8 Å².